The zero-order chi connectivity index (χ0) is 10.7. The number of benzene rings is 1. The van der Waals surface area contributed by atoms with Crippen molar-refractivity contribution < 1.29 is 8.78 Å². The van der Waals surface area contributed by atoms with Gasteiger partial charge in [0.25, 0.3) is 0 Å². The summed E-state index contributed by atoms with van der Waals surface area (Å²) in [5.41, 5.74) is 1.41. The van der Waals surface area contributed by atoms with Gasteiger partial charge in [0.1, 0.15) is 11.6 Å². The second kappa shape index (κ2) is 4.40. The molecular formula is C11H9F2NS. The van der Waals surface area contributed by atoms with E-state index in [-0.39, 0.29) is 0 Å². The predicted molar refractivity (Wildman–Crippen MR) is 58.0 cm³/mol. The Morgan fingerprint density at radius 2 is 2.07 bits per heavy atom. The number of hydrogen-bond acceptors (Lipinski definition) is 2. The second-order valence-corrected chi connectivity index (χ2v) is 3.88. The monoisotopic (exact) mass is 225 g/mol. The molecule has 0 radical (unpaired) electrons. The van der Waals surface area contributed by atoms with Gasteiger partial charge in [-0.25, -0.2) is 8.78 Å². The largest absolute Gasteiger partial charge is 0.380 e. The molecule has 0 bridgehead atoms. The zero-order valence-corrected chi connectivity index (χ0v) is 8.65. The van der Waals surface area contributed by atoms with Crippen LogP contribution in [-0.2, 0) is 6.54 Å². The van der Waals surface area contributed by atoms with Crippen LogP contribution in [0.4, 0.5) is 14.5 Å². The summed E-state index contributed by atoms with van der Waals surface area (Å²) in [6.45, 7) is 0.364. The van der Waals surface area contributed by atoms with Crippen LogP contribution in [0.3, 0.4) is 0 Å². The molecule has 0 atom stereocenters. The Balaban J connectivity index is 2.05. The first-order chi connectivity index (χ1) is 7.25. The zero-order valence-electron chi connectivity index (χ0n) is 7.84. The normalized spacial score (nSPS) is 10.3. The molecule has 1 nitrogen and oxygen atoms in total. The van der Waals surface area contributed by atoms with E-state index >= 15 is 0 Å². The van der Waals surface area contributed by atoms with E-state index in [1.807, 2.05) is 16.8 Å². The molecule has 0 unspecified atom stereocenters. The third-order valence-corrected chi connectivity index (χ3v) is 2.70. The van der Waals surface area contributed by atoms with E-state index < -0.39 is 11.6 Å². The summed E-state index contributed by atoms with van der Waals surface area (Å²) in [7, 11) is 0. The van der Waals surface area contributed by atoms with Crippen molar-refractivity contribution in [1.29, 1.82) is 0 Å². The first-order valence-electron chi connectivity index (χ1n) is 4.46. The number of anilines is 1. The molecule has 0 saturated carbocycles. The van der Waals surface area contributed by atoms with Crippen molar-refractivity contribution >= 4 is 17.0 Å². The molecule has 0 aliphatic carbocycles. The fourth-order valence-corrected chi connectivity index (χ4v) is 1.84. The van der Waals surface area contributed by atoms with Crippen LogP contribution >= 0.6 is 11.3 Å². The highest BCUT2D eigenvalue weighted by Gasteiger charge is 2.03. The fourth-order valence-electron chi connectivity index (χ4n) is 1.23. The lowest BCUT2D eigenvalue weighted by atomic mass is 10.2. The van der Waals surface area contributed by atoms with Gasteiger partial charge in [-0.15, -0.1) is 0 Å². The van der Waals surface area contributed by atoms with Crippen LogP contribution in [0, 0.1) is 11.6 Å². The summed E-state index contributed by atoms with van der Waals surface area (Å²) in [5, 5.41) is 6.92. The van der Waals surface area contributed by atoms with Crippen LogP contribution in [0.25, 0.3) is 0 Å². The molecule has 4 heteroatoms. The van der Waals surface area contributed by atoms with Crippen LogP contribution in [0.5, 0.6) is 0 Å². The van der Waals surface area contributed by atoms with Gasteiger partial charge in [0.05, 0.1) is 0 Å². The lowest BCUT2D eigenvalue weighted by molar-refractivity contribution is 0.574. The van der Waals surface area contributed by atoms with Crippen molar-refractivity contribution in [3.8, 4) is 0 Å². The molecular weight excluding hydrogens is 216 g/mol. The lowest BCUT2D eigenvalue weighted by Crippen LogP contribution is -2.01. The highest BCUT2D eigenvalue weighted by Crippen LogP contribution is 2.15. The topological polar surface area (TPSA) is 12.0 Å². The maximum atomic E-state index is 13.2. The SMILES string of the molecule is Fc1ccc(CNc2ccsc2)c(F)c1. The van der Waals surface area contributed by atoms with Crippen LogP contribution in [0.15, 0.2) is 35.0 Å². The Kier molecular flexibility index (Phi) is 2.97. The van der Waals surface area contributed by atoms with Gasteiger partial charge in [0.2, 0.25) is 0 Å². The van der Waals surface area contributed by atoms with E-state index in [4.69, 9.17) is 0 Å². The highest BCUT2D eigenvalue weighted by atomic mass is 32.1. The van der Waals surface area contributed by atoms with Gasteiger partial charge >= 0.3 is 0 Å². The van der Waals surface area contributed by atoms with Gasteiger partial charge in [-0.05, 0) is 17.5 Å². The van der Waals surface area contributed by atoms with E-state index in [0.29, 0.717) is 12.1 Å². The molecule has 1 N–H and O–H groups in total. The van der Waals surface area contributed by atoms with E-state index in [9.17, 15) is 8.78 Å². The van der Waals surface area contributed by atoms with Gasteiger partial charge < -0.3 is 5.32 Å². The predicted octanol–water partition coefficient (Wildman–Crippen LogP) is 3.64. The minimum Gasteiger partial charge on any atom is -0.380 e. The molecule has 78 valence electrons. The van der Waals surface area contributed by atoms with E-state index in [1.54, 1.807) is 11.3 Å². The molecule has 0 spiro atoms. The van der Waals surface area contributed by atoms with Crippen molar-refractivity contribution in [2.24, 2.45) is 0 Å². The Morgan fingerprint density at radius 1 is 1.20 bits per heavy atom. The Morgan fingerprint density at radius 3 is 2.73 bits per heavy atom. The molecule has 0 fully saturated rings. The molecule has 15 heavy (non-hydrogen) atoms. The van der Waals surface area contributed by atoms with Crippen LogP contribution in [0.2, 0.25) is 0 Å². The Bertz CT molecular complexity index is 440. The number of nitrogens with one attached hydrogen (secondary N) is 1. The van der Waals surface area contributed by atoms with Crippen molar-refractivity contribution in [3.63, 3.8) is 0 Å². The summed E-state index contributed by atoms with van der Waals surface area (Å²) in [4.78, 5) is 0. The quantitative estimate of drug-likeness (QED) is 0.841. The molecule has 2 aromatic rings. The Hall–Kier alpha value is -1.42. The highest BCUT2D eigenvalue weighted by molar-refractivity contribution is 7.08. The number of halogens is 2. The standard InChI is InChI=1S/C11H9F2NS/c12-9-2-1-8(11(13)5-9)6-14-10-3-4-15-7-10/h1-5,7,14H,6H2. The summed E-state index contributed by atoms with van der Waals surface area (Å²) in [5.74, 6) is -1.07. The van der Waals surface area contributed by atoms with Gasteiger partial charge in [0.15, 0.2) is 0 Å². The van der Waals surface area contributed by atoms with Crippen LogP contribution in [0.1, 0.15) is 5.56 Å². The van der Waals surface area contributed by atoms with Gasteiger partial charge in [-0.2, -0.15) is 11.3 Å². The van der Waals surface area contributed by atoms with E-state index in [0.717, 1.165) is 11.8 Å². The molecule has 0 aliphatic rings. The summed E-state index contributed by atoms with van der Waals surface area (Å²) >= 11 is 1.57. The Labute approximate surface area is 90.4 Å². The number of thiophene rings is 1. The van der Waals surface area contributed by atoms with Gasteiger partial charge in [0, 0.05) is 29.2 Å². The summed E-state index contributed by atoms with van der Waals surface area (Å²) < 4.78 is 25.8. The molecule has 1 aromatic carbocycles. The van der Waals surface area contributed by atoms with Gasteiger partial charge in [-0.1, -0.05) is 6.07 Å². The first-order valence-corrected chi connectivity index (χ1v) is 5.40. The van der Waals surface area contributed by atoms with E-state index in [1.165, 1.54) is 12.1 Å². The van der Waals surface area contributed by atoms with Crippen molar-refractivity contribution in [3.05, 3.63) is 52.2 Å². The minimum atomic E-state index is -0.549. The lowest BCUT2D eigenvalue weighted by Gasteiger charge is -2.05. The van der Waals surface area contributed by atoms with Crippen LogP contribution < -0.4 is 5.32 Å². The van der Waals surface area contributed by atoms with Crippen LogP contribution in [-0.4, -0.2) is 0 Å². The third-order valence-electron chi connectivity index (χ3n) is 2.02. The maximum Gasteiger partial charge on any atom is 0.131 e. The summed E-state index contributed by atoms with van der Waals surface area (Å²) in [6, 6.07) is 5.51. The van der Waals surface area contributed by atoms with Gasteiger partial charge in [-0.3, -0.25) is 0 Å². The molecule has 0 aliphatic heterocycles. The number of hydrogen-bond donors (Lipinski definition) is 1. The molecule has 1 aromatic heterocycles. The molecule has 0 amide bonds. The fraction of sp³-hybridized carbons (Fsp3) is 0.0909. The number of rotatable bonds is 3. The first kappa shape index (κ1) is 10.1. The average molecular weight is 225 g/mol. The van der Waals surface area contributed by atoms with Crippen molar-refractivity contribution in [2.45, 2.75) is 6.54 Å². The minimum absolute atomic E-state index is 0.364. The van der Waals surface area contributed by atoms with Crippen molar-refractivity contribution in [1.82, 2.24) is 0 Å². The molecule has 0 saturated heterocycles. The smallest absolute Gasteiger partial charge is 0.131 e. The van der Waals surface area contributed by atoms with E-state index in [2.05, 4.69) is 5.32 Å². The maximum absolute atomic E-state index is 13.2. The summed E-state index contributed by atoms with van der Waals surface area (Å²) in [6.07, 6.45) is 0. The molecule has 1 heterocycles. The average Bonchev–Trinajstić information content (AvgIpc) is 2.69. The van der Waals surface area contributed by atoms with Crippen molar-refractivity contribution in [2.75, 3.05) is 5.32 Å². The second-order valence-electron chi connectivity index (χ2n) is 3.10. The third kappa shape index (κ3) is 2.53. The molecule has 2 rings (SSSR count).